The Bertz CT molecular complexity index is 2380. The van der Waals surface area contributed by atoms with Crippen molar-refractivity contribution in [3.8, 4) is 0 Å². The van der Waals surface area contributed by atoms with Gasteiger partial charge in [-0.05, 0) is 118 Å². The van der Waals surface area contributed by atoms with Gasteiger partial charge < -0.3 is 94.1 Å². The van der Waals surface area contributed by atoms with Crippen molar-refractivity contribution in [2.24, 2.45) is 50.2 Å². The number of aliphatic hydroxyl groups is 10. The van der Waals surface area contributed by atoms with Crippen LogP contribution in [0.4, 0.5) is 0 Å². The summed E-state index contributed by atoms with van der Waals surface area (Å²) in [4.78, 5) is 40.1. The largest absolute Gasteiger partial charge is 0.479 e. The molecule has 0 aromatic heterocycles. The van der Waals surface area contributed by atoms with Crippen LogP contribution in [0.5, 0.6) is 0 Å². The zero-order chi connectivity index (χ0) is 59.9. The smallest absolute Gasteiger partial charge is 0.335 e. The van der Waals surface area contributed by atoms with Crippen molar-refractivity contribution >= 4 is 17.9 Å². The number of carboxylic acids is 1. The van der Waals surface area contributed by atoms with Gasteiger partial charge in [0.05, 0.1) is 43.5 Å². The molecule has 4 saturated carbocycles. The summed E-state index contributed by atoms with van der Waals surface area (Å²) in [5.74, 6) is -3.83. The maximum absolute atomic E-state index is 13.8. The summed E-state index contributed by atoms with van der Waals surface area (Å²) in [6.07, 6.45) is -18.8. The second-order valence-electron chi connectivity index (χ2n) is 27.1. The van der Waals surface area contributed by atoms with Crippen LogP contribution in [0.2, 0.25) is 0 Å². The minimum Gasteiger partial charge on any atom is -0.479 e. The van der Waals surface area contributed by atoms with E-state index in [1.165, 1.54) is 11.6 Å². The van der Waals surface area contributed by atoms with Crippen LogP contribution in [0.1, 0.15) is 134 Å². The van der Waals surface area contributed by atoms with Gasteiger partial charge in [-0.2, -0.15) is 0 Å². The Morgan fingerprint density at radius 3 is 1.85 bits per heavy atom. The maximum atomic E-state index is 13.8. The number of fused-ring (bicyclic) bond motifs is 7. The fourth-order valence-electron chi connectivity index (χ4n) is 16.7. The van der Waals surface area contributed by atoms with E-state index in [1.54, 1.807) is 0 Å². The number of aliphatic carboxylic acids is 1. The van der Waals surface area contributed by atoms with Crippen molar-refractivity contribution in [2.75, 3.05) is 19.8 Å². The van der Waals surface area contributed by atoms with E-state index in [4.69, 9.17) is 37.9 Å². The van der Waals surface area contributed by atoms with Gasteiger partial charge in [-0.25, -0.2) is 9.59 Å². The van der Waals surface area contributed by atoms with Crippen molar-refractivity contribution in [3.05, 3.63) is 34.9 Å². The number of hydrogen-bond acceptors (Lipinski definition) is 21. The summed E-state index contributed by atoms with van der Waals surface area (Å²) < 4.78 is 48.9. The molecule has 0 amide bonds. The molecule has 460 valence electrons. The number of carbonyl (C=O) groups excluding carboxylic acids is 2. The maximum Gasteiger partial charge on any atom is 0.335 e. The molecule has 0 radical (unpaired) electrons. The van der Waals surface area contributed by atoms with Gasteiger partial charge in [0, 0.05) is 18.4 Å². The number of rotatable bonds is 16. The quantitative estimate of drug-likeness (QED) is 0.0456. The molecule has 81 heavy (non-hydrogen) atoms. The average molecular weight is 1150 g/mol. The monoisotopic (exact) mass is 1150 g/mol. The molecule has 0 aromatic carbocycles. The van der Waals surface area contributed by atoms with Crippen LogP contribution in [0, 0.1) is 50.2 Å². The minimum atomic E-state index is -2.06. The van der Waals surface area contributed by atoms with Crippen LogP contribution >= 0.6 is 0 Å². The number of allylic oxidation sites excluding steroid dienone is 4. The number of carbonyl (C=O) groups is 3. The van der Waals surface area contributed by atoms with E-state index in [1.807, 2.05) is 41.5 Å². The molecule has 3 heterocycles. The first-order valence-electron chi connectivity index (χ1n) is 28.9. The number of hydrogen-bond donors (Lipinski definition) is 11. The molecule has 3 saturated heterocycles. The highest BCUT2D eigenvalue weighted by molar-refractivity contribution is 5.83. The fraction of sp³-hybridized carbons (Fsp3) is 0.847. The van der Waals surface area contributed by atoms with E-state index in [9.17, 15) is 70.6 Å². The molecule has 22 heteroatoms. The molecule has 0 unspecified atom stereocenters. The molecule has 5 aliphatic carbocycles. The molecular formula is C59H92O22. The summed E-state index contributed by atoms with van der Waals surface area (Å²) in [5.41, 5.74) is -1.69. The highest BCUT2D eigenvalue weighted by Crippen LogP contribution is 2.76. The molecule has 0 bridgehead atoms. The van der Waals surface area contributed by atoms with Crippen LogP contribution in [-0.2, 0) is 52.3 Å². The molecule has 11 N–H and O–H groups in total. The zero-order valence-electron chi connectivity index (χ0n) is 48.8. The Morgan fingerprint density at radius 2 is 1.27 bits per heavy atom. The SMILES string of the molecule is CC(=O)O[C@@H]1[C@@H](O[C@@H]2O[C@H](CO)[C@@H](O)[C@H](O)[C@H]2O)[C@H](O[C@H]2CC[C@]3(C)[C@H]4CC=C5[C@@H]6CC(C)(C)C[C@H](OC(=O)/C=C(/C)CCC=C(C)C)[C@]6(CO)[C@H](O)[C@H](O)[C@@]5(C)[C@]4(C)CC[C@H]3C2(C)C)O[C@H](C(=O)O)[C@H]1O[C@@H]1O[C@@H](CO)[C@H](O)[C@H]1O. The van der Waals surface area contributed by atoms with Gasteiger partial charge in [-0.1, -0.05) is 77.3 Å². The van der Waals surface area contributed by atoms with Crippen molar-refractivity contribution < 1.29 is 108 Å². The lowest BCUT2D eigenvalue weighted by molar-refractivity contribution is -0.383. The molecule has 25 atom stereocenters. The summed E-state index contributed by atoms with van der Waals surface area (Å²) in [7, 11) is 0. The van der Waals surface area contributed by atoms with Gasteiger partial charge in [0.1, 0.15) is 54.9 Å². The Balaban J connectivity index is 1.11. The Labute approximate surface area is 474 Å². The second-order valence-corrected chi connectivity index (χ2v) is 27.1. The Kier molecular flexibility index (Phi) is 18.7. The molecule has 0 spiro atoms. The summed E-state index contributed by atoms with van der Waals surface area (Å²) in [6.45, 7) is 19.6. The van der Waals surface area contributed by atoms with Gasteiger partial charge >= 0.3 is 17.9 Å². The number of aliphatic hydroxyl groups excluding tert-OH is 10. The van der Waals surface area contributed by atoms with E-state index >= 15 is 0 Å². The van der Waals surface area contributed by atoms with E-state index in [0.29, 0.717) is 51.4 Å². The van der Waals surface area contributed by atoms with E-state index in [2.05, 4.69) is 39.8 Å². The van der Waals surface area contributed by atoms with E-state index in [-0.39, 0.29) is 17.3 Å². The lowest BCUT2D eigenvalue weighted by atomic mass is 9.32. The summed E-state index contributed by atoms with van der Waals surface area (Å²) in [6, 6.07) is 0. The van der Waals surface area contributed by atoms with Crippen LogP contribution in [-0.4, -0.2) is 204 Å². The topological polar surface area (TPSA) is 348 Å². The van der Waals surface area contributed by atoms with Crippen LogP contribution in [0.15, 0.2) is 34.9 Å². The minimum absolute atomic E-state index is 0.0844. The molecular weight excluding hydrogens is 1060 g/mol. The predicted octanol–water partition coefficient (Wildman–Crippen LogP) is 2.07. The molecule has 8 rings (SSSR count). The highest BCUT2D eigenvalue weighted by atomic mass is 16.8. The predicted molar refractivity (Wildman–Crippen MR) is 285 cm³/mol. The summed E-state index contributed by atoms with van der Waals surface area (Å²) >= 11 is 0. The first kappa shape index (κ1) is 64.0. The first-order valence-corrected chi connectivity index (χ1v) is 28.9. The zero-order valence-corrected chi connectivity index (χ0v) is 48.8. The van der Waals surface area contributed by atoms with Crippen molar-refractivity contribution in [1.29, 1.82) is 0 Å². The lowest BCUT2D eigenvalue weighted by Crippen LogP contribution is -2.74. The van der Waals surface area contributed by atoms with Gasteiger partial charge in [0.25, 0.3) is 0 Å². The lowest BCUT2D eigenvalue weighted by Gasteiger charge is -2.73. The third kappa shape index (κ3) is 11.0. The molecule has 22 nitrogen and oxygen atoms in total. The van der Waals surface area contributed by atoms with Crippen LogP contribution < -0.4 is 0 Å². The molecule has 0 aromatic rings. The standard InChI is InChI=1S/C59H92O22/c1-27(2)13-12-14-28(3)21-38(64)77-37-23-54(5,6)22-31-30-15-16-35-56(9)19-18-36(55(7,8)34(56)17-20-57(35,10)58(30,11)48(70)49(71)59(31,37)26-62)78-53-47(81-52-43(69)41(67)39(65)32(24-60)75-52)45(74-29(4)63)44(46(80-53)50(72)73)79-51-42(68)40(66)33(25-61)76-51/h13,15,21,31-37,39-49,51-53,60-62,65-71H,12,14,16-20,22-26H2,1-11H3,(H,72,73)/b28-21-/t31-,32+,33-,34-,35+,36-,37-,39+,40-,41-,42+,43+,44-,45-,46-,47+,48-,49+,51-,52-,53+,56-,57+,58-,59+/m0/s1. The van der Waals surface area contributed by atoms with E-state index < -0.39 is 181 Å². The van der Waals surface area contributed by atoms with Gasteiger partial charge in [-0.15, -0.1) is 0 Å². The van der Waals surface area contributed by atoms with Crippen LogP contribution in [0.25, 0.3) is 0 Å². The Morgan fingerprint density at radius 1 is 0.667 bits per heavy atom. The molecule has 8 aliphatic rings. The van der Waals surface area contributed by atoms with Crippen molar-refractivity contribution in [1.82, 2.24) is 0 Å². The molecule has 3 aliphatic heterocycles. The van der Waals surface area contributed by atoms with Gasteiger partial charge in [0.15, 0.2) is 37.2 Å². The average Bonchev–Trinajstić information content (AvgIpc) is 2.11. The molecule has 7 fully saturated rings. The highest BCUT2D eigenvalue weighted by Gasteiger charge is 2.75. The van der Waals surface area contributed by atoms with E-state index in [0.717, 1.165) is 24.5 Å². The number of esters is 2. The van der Waals surface area contributed by atoms with Crippen LogP contribution in [0.3, 0.4) is 0 Å². The van der Waals surface area contributed by atoms with Crippen molar-refractivity contribution in [2.45, 2.75) is 244 Å². The fourth-order valence-corrected chi connectivity index (χ4v) is 16.7. The number of ether oxygens (including phenoxy) is 8. The third-order valence-electron chi connectivity index (χ3n) is 21.2. The van der Waals surface area contributed by atoms with Crippen molar-refractivity contribution in [3.63, 3.8) is 0 Å². The van der Waals surface area contributed by atoms with Gasteiger partial charge in [-0.3, -0.25) is 4.79 Å². The Hall–Kier alpha value is -3.01. The normalized spacial score (nSPS) is 47.3. The van der Waals surface area contributed by atoms with Gasteiger partial charge in [0.2, 0.25) is 0 Å². The summed E-state index contributed by atoms with van der Waals surface area (Å²) in [5, 5.41) is 122. The first-order chi connectivity index (χ1) is 37.8. The second kappa shape index (κ2) is 23.7. The third-order valence-corrected chi connectivity index (χ3v) is 21.2. The number of carboxylic acid groups (broad SMARTS) is 1.